The highest BCUT2D eigenvalue weighted by Gasteiger charge is 2.30. The van der Waals surface area contributed by atoms with Crippen molar-refractivity contribution in [1.82, 2.24) is 9.78 Å². The van der Waals surface area contributed by atoms with Gasteiger partial charge in [0, 0.05) is 6.07 Å². The zero-order chi connectivity index (χ0) is 10.3. The average Bonchev–Trinajstić information content (AvgIpc) is 2.45. The monoisotopic (exact) mass is 201 g/mol. The van der Waals surface area contributed by atoms with Crippen molar-refractivity contribution in [1.29, 1.82) is 0 Å². The number of halogens is 2. The van der Waals surface area contributed by atoms with Crippen molar-refractivity contribution in [3.63, 3.8) is 0 Å². The fourth-order valence-corrected chi connectivity index (χ4v) is 1.84. The van der Waals surface area contributed by atoms with Crippen LogP contribution in [0.25, 0.3) is 0 Å². The summed E-state index contributed by atoms with van der Waals surface area (Å²) in [7, 11) is 0. The lowest BCUT2D eigenvalue weighted by Crippen LogP contribution is -2.36. The van der Waals surface area contributed by atoms with Gasteiger partial charge in [0.15, 0.2) is 0 Å². The van der Waals surface area contributed by atoms with E-state index in [1.807, 2.05) is 13.8 Å². The van der Waals surface area contributed by atoms with Crippen LogP contribution in [0, 0.1) is 6.92 Å². The largest absolute Gasteiger partial charge is 0.362 e. The number of aromatic nitrogens is 2. The molecule has 14 heavy (non-hydrogen) atoms. The molecule has 3 nitrogen and oxygen atoms in total. The first-order valence-electron chi connectivity index (χ1n) is 4.69. The molecule has 1 aliphatic rings. The van der Waals surface area contributed by atoms with Crippen LogP contribution in [-0.2, 0) is 0 Å². The Kier molecular flexibility index (Phi) is 2.17. The summed E-state index contributed by atoms with van der Waals surface area (Å²) in [5, 5.41) is 7.03. The Morgan fingerprint density at radius 3 is 3.00 bits per heavy atom. The zero-order valence-electron chi connectivity index (χ0n) is 8.17. The Morgan fingerprint density at radius 2 is 2.36 bits per heavy atom. The van der Waals surface area contributed by atoms with Gasteiger partial charge in [0.2, 0.25) is 0 Å². The molecule has 1 N–H and O–H groups in total. The van der Waals surface area contributed by atoms with Gasteiger partial charge in [0.05, 0.1) is 17.8 Å². The van der Waals surface area contributed by atoms with E-state index >= 15 is 0 Å². The third-order valence-corrected chi connectivity index (χ3v) is 2.51. The minimum atomic E-state index is -2.32. The Labute approximate surface area is 81.1 Å². The molecule has 2 atom stereocenters. The molecule has 1 aliphatic heterocycles. The summed E-state index contributed by atoms with van der Waals surface area (Å²) in [5.41, 5.74) is 0.856. The summed E-state index contributed by atoms with van der Waals surface area (Å²) in [5.74, 6) is 0.701. The van der Waals surface area contributed by atoms with Gasteiger partial charge in [-0.2, -0.15) is 5.10 Å². The lowest BCUT2D eigenvalue weighted by molar-refractivity contribution is 0.108. The van der Waals surface area contributed by atoms with E-state index in [4.69, 9.17) is 0 Å². The average molecular weight is 201 g/mol. The van der Waals surface area contributed by atoms with Crippen LogP contribution in [0.5, 0.6) is 0 Å². The molecule has 1 aromatic rings. The maximum atomic E-state index is 12.5. The van der Waals surface area contributed by atoms with Gasteiger partial charge in [-0.15, -0.1) is 0 Å². The second-order valence-corrected chi connectivity index (χ2v) is 3.79. The van der Waals surface area contributed by atoms with Crippen molar-refractivity contribution in [2.75, 3.05) is 5.32 Å². The van der Waals surface area contributed by atoms with Crippen LogP contribution in [0.3, 0.4) is 0 Å². The van der Waals surface area contributed by atoms with E-state index in [0.717, 1.165) is 5.69 Å². The Morgan fingerprint density at radius 1 is 1.64 bits per heavy atom. The van der Waals surface area contributed by atoms with E-state index in [-0.39, 0.29) is 6.04 Å². The van der Waals surface area contributed by atoms with Crippen LogP contribution in [0.4, 0.5) is 14.6 Å². The summed E-state index contributed by atoms with van der Waals surface area (Å²) in [6.07, 6.45) is -1.90. The molecule has 0 fully saturated rings. The first kappa shape index (κ1) is 9.43. The van der Waals surface area contributed by atoms with Gasteiger partial charge in [-0.3, -0.25) is 0 Å². The van der Waals surface area contributed by atoms with Crippen LogP contribution in [0.15, 0.2) is 6.07 Å². The molecule has 2 rings (SSSR count). The van der Waals surface area contributed by atoms with Gasteiger partial charge in [-0.25, -0.2) is 13.5 Å². The van der Waals surface area contributed by atoms with Crippen molar-refractivity contribution in [3.05, 3.63) is 11.8 Å². The fourth-order valence-electron chi connectivity index (χ4n) is 1.84. The summed E-state index contributed by atoms with van der Waals surface area (Å²) in [6, 6.07) is 1.10. The summed E-state index contributed by atoms with van der Waals surface area (Å²) in [4.78, 5) is 0. The molecular formula is C9H13F2N3. The molecule has 1 aromatic heterocycles. The lowest BCUT2D eigenvalue weighted by Gasteiger charge is -2.29. The van der Waals surface area contributed by atoms with Gasteiger partial charge in [0.1, 0.15) is 5.82 Å². The Bertz CT molecular complexity index is 335. The predicted molar refractivity (Wildman–Crippen MR) is 49.7 cm³/mol. The van der Waals surface area contributed by atoms with E-state index in [2.05, 4.69) is 10.4 Å². The predicted octanol–water partition coefficient (Wildman–Crippen LogP) is 2.20. The van der Waals surface area contributed by atoms with Crippen molar-refractivity contribution < 1.29 is 8.78 Å². The normalized spacial score (nSPS) is 26.1. The molecular weight excluding hydrogens is 188 g/mol. The molecule has 2 heterocycles. The van der Waals surface area contributed by atoms with Crippen LogP contribution in [0.1, 0.15) is 25.1 Å². The highest BCUT2D eigenvalue weighted by Crippen LogP contribution is 2.29. The number of hydrogen-bond donors (Lipinski definition) is 1. The number of alkyl halides is 2. The molecule has 78 valence electrons. The van der Waals surface area contributed by atoms with Gasteiger partial charge in [0.25, 0.3) is 6.43 Å². The Hall–Kier alpha value is -1.13. The molecule has 0 bridgehead atoms. The van der Waals surface area contributed by atoms with Gasteiger partial charge in [-0.1, -0.05) is 0 Å². The number of fused-ring (bicyclic) bond motifs is 1. The first-order chi connectivity index (χ1) is 6.58. The standard InChI is InChI=1S/C9H13F2N3/c1-5-3-8-12-7(9(10)11)4-6(2)14(8)13-5/h3,6-7,9,12H,4H2,1-2H3/t6-,7+/m1/s1. The number of anilines is 1. The number of rotatable bonds is 1. The minimum absolute atomic E-state index is 0.0407. The lowest BCUT2D eigenvalue weighted by atomic mass is 10.1. The first-order valence-corrected chi connectivity index (χ1v) is 4.69. The second kappa shape index (κ2) is 3.22. The molecule has 0 aromatic carbocycles. The molecule has 0 saturated carbocycles. The SMILES string of the molecule is Cc1cc2n(n1)[C@H](C)C[C@@H](C(F)F)N2. The number of hydrogen-bond acceptors (Lipinski definition) is 2. The summed E-state index contributed by atoms with van der Waals surface area (Å²) in [6.45, 7) is 3.77. The Balaban J connectivity index is 2.28. The quantitative estimate of drug-likeness (QED) is 0.754. The third kappa shape index (κ3) is 1.47. The molecule has 0 unspecified atom stereocenters. The third-order valence-electron chi connectivity index (χ3n) is 2.51. The molecule has 0 saturated heterocycles. The highest BCUT2D eigenvalue weighted by molar-refractivity contribution is 5.40. The van der Waals surface area contributed by atoms with Crippen molar-refractivity contribution in [3.8, 4) is 0 Å². The smallest absolute Gasteiger partial charge is 0.258 e. The van der Waals surface area contributed by atoms with Gasteiger partial charge in [-0.05, 0) is 20.3 Å². The van der Waals surface area contributed by atoms with Crippen molar-refractivity contribution in [2.24, 2.45) is 0 Å². The highest BCUT2D eigenvalue weighted by atomic mass is 19.3. The number of nitrogens with zero attached hydrogens (tertiary/aromatic N) is 2. The zero-order valence-corrected chi connectivity index (χ0v) is 8.17. The number of nitrogens with one attached hydrogen (secondary N) is 1. The fraction of sp³-hybridized carbons (Fsp3) is 0.667. The molecule has 0 amide bonds. The van der Waals surface area contributed by atoms with Crippen LogP contribution in [0.2, 0.25) is 0 Å². The van der Waals surface area contributed by atoms with Gasteiger partial charge < -0.3 is 5.32 Å². The van der Waals surface area contributed by atoms with E-state index < -0.39 is 12.5 Å². The molecule has 0 aliphatic carbocycles. The minimum Gasteiger partial charge on any atom is -0.362 e. The number of aryl methyl sites for hydroxylation is 1. The van der Waals surface area contributed by atoms with Gasteiger partial charge >= 0.3 is 0 Å². The van der Waals surface area contributed by atoms with Crippen LogP contribution < -0.4 is 5.32 Å². The van der Waals surface area contributed by atoms with E-state index in [1.165, 1.54) is 0 Å². The summed E-state index contributed by atoms with van der Waals surface area (Å²) < 4.78 is 26.8. The van der Waals surface area contributed by atoms with E-state index in [1.54, 1.807) is 10.7 Å². The molecule has 5 heteroatoms. The van der Waals surface area contributed by atoms with Crippen molar-refractivity contribution in [2.45, 2.75) is 38.8 Å². The topological polar surface area (TPSA) is 29.9 Å². The maximum Gasteiger partial charge on any atom is 0.258 e. The second-order valence-electron chi connectivity index (χ2n) is 3.79. The van der Waals surface area contributed by atoms with E-state index in [9.17, 15) is 8.78 Å². The molecule has 0 radical (unpaired) electrons. The van der Waals surface area contributed by atoms with Crippen molar-refractivity contribution >= 4 is 5.82 Å². The molecule has 0 spiro atoms. The maximum absolute atomic E-state index is 12.5. The summed E-state index contributed by atoms with van der Waals surface area (Å²) >= 11 is 0. The van der Waals surface area contributed by atoms with E-state index in [0.29, 0.717) is 12.2 Å². The van der Waals surface area contributed by atoms with Crippen LogP contribution in [-0.4, -0.2) is 22.2 Å². The van der Waals surface area contributed by atoms with Crippen LogP contribution >= 0.6 is 0 Å².